The zero-order valence-corrected chi connectivity index (χ0v) is 13.6. The molecule has 0 aliphatic rings. The highest BCUT2D eigenvalue weighted by Crippen LogP contribution is 2.11. The number of nitrogens with zero attached hydrogens (tertiary/aromatic N) is 5. The third-order valence-corrected chi connectivity index (χ3v) is 3.46. The van der Waals surface area contributed by atoms with Gasteiger partial charge in [-0.15, -0.1) is 5.10 Å². The van der Waals surface area contributed by atoms with E-state index < -0.39 is 11.9 Å². The van der Waals surface area contributed by atoms with Crippen molar-refractivity contribution >= 4 is 29.4 Å². The van der Waals surface area contributed by atoms with Crippen LogP contribution in [0.15, 0.2) is 43.0 Å². The molecule has 3 rings (SSSR count). The Bertz CT molecular complexity index is 902. The van der Waals surface area contributed by atoms with Gasteiger partial charge in [0.1, 0.15) is 12.9 Å². The van der Waals surface area contributed by atoms with E-state index in [1.807, 2.05) is 12.1 Å². The van der Waals surface area contributed by atoms with Crippen LogP contribution in [0.3, 0.4) is 0 Å². The summed E-state index contributed by atoms with van der Waals surface area (Å²) in [4.78, 5) is 26.7. The van der Waals surface area contributed by atoms with Crippen LogP contribution in [0.2, 0.25) is 5.02 Å². The molecular formula is C15H13ClN6O3. The number of benzene rings is 1. The molecule has 0 saturated heterocycles. The molecule has 0 aliphatic heterocycles. The molecule has 2 N–H and O–H groups in total. The summed E-state index contributed by atoms with van der Waals surface area (Å²) in [7, 11) is 0. The zero-order valence-electron chi connectivity index (χ0n) is 12.8. The molecule has 3 aromatic rings. The monoisotopic (exact) mass is 360 g/mol. The Morgan fingerprint density at radius 3 is 2.68 bits per heavy atom. The Labute approximate surface area is 146 Å². The van der Waals surface area contributed by atoms with Gasteiger partial charge in [0.25, 0.3) is 5.91 Å². The fraction of sp³-hybridized carbons (Fsp3) is 0.133. The quantitative estimate of drug-likeness (QED) is 0.688. The normalized spacial score (nSPS) is 10.6. The molecule has 1 aromatic carbocycles. The van der Waals surface area contributed by atoms with Crippen LogP contribution in [0.5, 0.6) is 0 Å². The van der Waals surface area contributed by atoms with Crippen molar-refractivity contribution in [2.75, 3.05) is 5.32 Å². The second-order valence-corrected chi connectivity index (χ2v) is 5.60. The molecule has 1 amide bonds. The molecule has 0 fully saturated rings. The lowest BCUT2D eigenvalue weighted by Crippen LogP contribution is -2.13. The molecule has 25 heavy (non-hydrogen) atoms. The molecule has 2 heterocycles. The Kier molecular flexibility index (Phi) is 4.75. The maximum Gasteiger partial charge on any atom is 0.325 e. The summed E-state index contributed by atoms with van der Waals surface area (Å²) < 4.78 is 2.73. The highest BCUT2D eigenvalue weighted by atomic mass is 35.5. The van der Waals surface area contributed by atoms with Crippen LogP contribution in [-0.4, -0.2) is 41.5 Å². The van der Waals surface area contributed by atoms with Gasteiger partial charge in [-0.3, -0.25) is 19.6 Å². The van der Waals surface area contributed by atoms with Crippen molar-refractivity contribution in [1.82, 2.24) is 24.5 Å². The first-order valence-corrected chi connectivity index (χ1v) is 7.57. The third kappa shape index (κ3) is 4.42. The van der Waals surface area contributed by atoms with E-state index in [0.29, 0.717) is 11.6 Å². The van der Waals surface area contributed by atoms with Gasteiger partial charge in [0.05, 0.1) is 18.3 Å². The summed E-state index contributed by atoms with van der Waals surface area (Å²) in [6, 6.07) is 7.31. The van der Waals surface area contributed by atoms with Crippen LogP contribution in [0.25, 0.3) is 0 Å². The molecule has 128 valence electrons. The minimum Gasteiger partial charge on any atom is -0.480 e. The maximum absolute atomic E-state index is 12.1. The molecule has 0 radical (unpaired) electrons. The van der Waals surface area contributed by atoms with Gasteiger partial charge < -0.3 is 5.11 Å². The minimum absolute atomic E-state index is 0.143. The number of carbonyl (C=O) groups is 2. The molecule has 9 nitrogen and oxygen atoms in total. The number of hydrogen-bond donors (Lipinski definition) is 2. The molecule has 10 heteroatoms. The number of amides is 1. The van der Waals surface area contributed by atoms with Crippen molar-refractivity contribution < 1.29 is 14.7 Å². The van der Waals surface area contributed by atoms with Crippen molar-refractivity contribution in [1.29, 1.82) is 0 Å². The standard InChI is InChI=1S/C15H13ClN6O3/c16-12-3-1-10(2-4-12)6-22-9-17-15(20-22)19-14(25)11-5-18-21(7-11)8-13(23)24/h1-5,7,9H,6,8H2,(H,23,24)(H,19,20,25). The summed E-state index contributed by atoms with van der Waals surface area (Å²) in [6.07, 6.45) is 4.12. The van der Waals surface area contributed by atoms with Crippen molar-refractivity contribution in [3.05, 3.63) is 59.1 Å². The molecule has 0 spiro atoms. The van der Waals surface area contributed by atoms with Crippen LogP contribution in [0.4, 0.5) is 5.95 Å². The Morgan fingerprint density at radius 1 is 1.20 bits per heavy atom. The Balaban J connectivity index is 1.62. The lowest BCUT2D eigenvalue weighted by Gasteiger charge is -2.01. The molecule has 2 aromatic heterocycles. The Morgan fingerprint density at radius 2 is 1.96 bits per heavy atom. The first-order chi connectivity index (χ1) is 12.0. The number of carboxylic acid groups (broad SMARTS) is 1. The highest BCUT2D eigenvalue weighted by Gasteiger charge is 2.12. The minimum atomic E-state index is -1.04. The first kappa shape index (κ1) is 16.7. The highest BCUT2D eigenvalue weighted by molar-refractivity contribution is 6.30. The van der Waals surface area contributed by atoms with Gasteiger partial charge in [0.15, 0.2) is 0 Å². The van der Waals surface area contributed by atoms with Crippen LogP contribution >= 0.6 is 11.6 Å². The van der Waals surface area contributed by atoms with Crippen molar-refractivity contribution in [2.45, 2.75) is 13.1 Å². The summed E-state index contributed by atoms with van der Waals surface area (Å²) >= 11 is 5.84. The first-order valence-electron chi connectivity index (χ1n) is 7.19. The maximum atomic E-state index is 12.1. The topological polar surface area (TPSA) is 115 Å². The van der Waals surface area contributed by atoms with Crippen LogP contribution < -0.4 is 5.32 Å². The second kappa shape index (κ2) is 7.14. The largest absolute Gasteiger partial charge is 0.480 e. The average Bonchev–Trinajstić information content (AvgIpc) is 3.19. The third-order valence-electron chi connectivity index (χ3n) is 3.21. The van der Waals surface area contributed by atoms with E-state index in [4.69, 9.17) is 16.7 Å². The van der Waals surface area contributed by atoms with E-state index in [1.54, 1.807) is 16.8 Å². The number of anilines is 1. The average molecular weight is 361 g/mol. The zero-order chi connectivity index (χ0) is 17.8. The van der Waals surface area contributed by atoms with Gasteiger partial charge in [-0.2, -0.15) is 5.10 Å². The van der Waals surface area contributed by atoms with Crippen molar-refractivity contribution in [2.24, 2.45) is 0 Å². The van der Waals surface area contributed by atoms with E-state index in [0.717, 1.165) is 10.2 Å². The number of aromatic nitrogens is 5. The molecule has 0 atom stereocenters. The van der Waals surface area contributed by atoms with Crippen molar-refractivity contribution in [3.8, 4) is 0 Å². The SMILES string of the molecule is O=C(O)Cn1cc(C(=O)Nc2ncn(Cc3ccc(Cl)cc3)n2)cn1. The predicted molar refractivity (Wildman–Crippen MR) is 88.4 cm³/mol. The lowest BCUT2D eigenvalue weighted by atomic mass is 10.2. The van der Waals surface area contributed by atoms with Crippen molar-refractivity contribution in [3.63, 3.8) is 0 Å². The second-order valence-electron chi connectivity index (χ2n) is 5.17. The fourth-order valence-corrected chi connectivity index (χ4v) is 2.21. The number of rotatable bonds is 6. The summed E-state index contributed by atoms with van der Waals surface area (Å²) in [5.41, 5.74) is 1.21. The van der Waals surface area contributed by atoms with Gasteiger partial charge in [-0.1, -0.05) is 23.7 Å². The predicted octanol–water partition coefficient (Wildman–Crippen LogP) is 1.51. The lowest BCUT2D eigenvalue weighted by molar-refractivity contribution is -0.137. The van der Waals surface area contributed by atoms with Gasteiger partial charge in [0.2, 0.25) is 5.95 Å². The smallest absolute Gasteiger partial charge is 0.325 e. The number of carbonyl (C=O) groups excluding carboxylic acids is 1. The van der Waals surface area contributed by atoms with Gasteiger partial charge in [-0.05, 0) is 17.7 Å². The van der Waals surface area contributed by atoms with Gasteiger partial charge in [0, 0.05) is 11.2 Å². The van der Waals surface area contributed by atoms with E-state index in [2.05, 4.69) is 20.5 Å². The van der Waals surface area contributed by atoms with E-state index in [9.17, 15) is 9.59 Å². The Hall–Kier alpha value is -3.20. The number of halogens is 1. The van der Waals surface area contributed by atoms with Crippen LogP contribution in [-0.2, 0) is 17.9 Å². The summed E-state index contributed by atoms with van der Waals surface area (Å²) in [5.74, 6) is -1.37. The molecule has 0 saturated carbocycles. The molecule has 0 aliphatic carbocycles. The van der Waals surface area contributed by atoms with Crippen LogP contribution in [0.1, 0.15) is 15.9 Å². The number of aliphatic carboxylic acids is 1. The molecular weight excluding hydrogens is 348 g/mol. The number of hydrogen-bond acceptors (Lipinski definition) is 5. The van der Waals surface area contributed by atoms with Gasteiger partial charge in [-0.25, -0.2) is 9.67 Å². The molecule has 0 bridgehead atoms. The van der Waals surface area contributed by atoms with E-state index in [1.165, 1.54) is 18.7 Å². The van der Waals surface area contributed by atoms with E-state index in [-0.39, 0.29) is 18.1 Å². The summed E-state index contributed by atoms with van der Waals surface area (Å²) in [6.45, 7) is 0.165. The number of carboxylic acids is 1. The summed E-state index contributed by atoms with van der Waals surface area (Å²) in [5, 5.41) is 19.9. The van der Waals surface area contributed by atoms with Crippen LogP contribution in [0, 0.1) is 0 Å². The number of nitrogens with one attached hydrogen (secondary N) is 1. The van der Waals surface area contributed by atoms with Gasteiger partial charge >= 0.3 is 5.97 Å². The van der Waals surface area contributed by atoms with E-state index >= 15 is 0 Å². The molecule has 0 unspecified atom stereocenters. The fourth-order valence-electron chi connectivity index (χ4n) is 2.08.